The Morgan fingerprint density at radius 2 is 2.10 bits per heavy atom. The Hall–Kier alpha value is -1.94. The smallest absolute Gasteiger partial charge is 0.272 e. The summed E-state index contributed by atoms with van der Waals surface area (Å²) in [5, 5.41) is 4.39. The maximum absolute atomic E-state index is 12.6. The molecule has 0 radical (unpaired) electrons. The average Bonchev–Trinajstić information content (AvgIpc) is 2.53. The monoisotopic (exact) mass is 283 g/mol. The summed E-state index contributed by atoms with van der Waals surface area (Å²) in [7, 11) is 1.99. The molecule has 2 heterocycles. The van der Waals surface area contributed by atoms with Gasteiger partial charge in [0.05, 0.1) is 5.52 Å². The van der Waals surface area contributed by atoms with E-state index < -0.39 is 0 Å². The Bertz CT molecular complexity index is 655. The molecule has 3 rings (SSSR count). The molecule has 0 spiro atoms. The minimum absolute atomic E-state index is 0.0437. The summed E-state index contributed by atoms with van der Waals surface area (Å²) in [6.45, 7) is 3.77. The lowest BCUT2D eigenvalue weighted by Gasteiger charge is -2.36. The fraction of sp³-hybridized carbons (Fsp3) is 0.412. The SMILES string of the molecule is CNC1CCN(C(=O)c2ccc3ccccc3n2)CC1C. The molecule has 110 valence electrons. The van der Waals surface area contributed by atoms with Crippen molar-refractivity contribution in [3.05, 3.63) is 42.1 Å². The number of rotatable bonds is 2. The molecule has 1 saturated heterocycles. The number of carbonyl (C=O) groups excluding carboxylic acids is 1. The lowest BCUT2D eigenvalue weighted by Crippen LogP contribution is -2.49. The second-order valence-electron chi connectivity index (χ2n) is 5.80. The van der Waals surface area contributed by atoms with E-state index in [0.29, 0.717) is 17.7 Å². The highest BCUT2D eigenvalue weighted by Crippen LogP contribution is 2.19. The Morgan fingerprint density at radius 1 is 1.29 bits per heavy atom. The molecular weight excluding hydrogens is 262 g/mol. The minimum atomic E-state index is 0.0437. The van der Waals surface area contributed by atoms with Gasteiger partial charge in [0, 0.05) is 24.5 Å². The summed E-state index contributed by atoms with van der Waals surface area (Å²) < 4.78 is 0. The first-order valence-electron chi connectivity index (χ1n) is 7.51. The van der Waals surface area contributed by atoms with E-state index >= 15 is 0 Å². The van der Waals surface area contributed by atoms with Crippen molar-refractivity contribution in [3.63, 3.8) is 0 Å². The number of fused-ring (bicyclic) bond motifs is 1. The van der Waals surface area contributed by atoms with Gasteiger partial charge in [-0.1, -0.05) is 31.2 Å². The number of para-hydroxylation sites is 1. The van der Waals surface area contributed by atoms with Gasteiger partial charge in [-0.15, -0.1) is 0 Å². The van der Waals surface area contributed by atoms with Crippen LogP contribution >= 0.6 is 0 Å². The number of aromatic nitrogens is 1. The van der Waals surface area contributed by atoms with Crippen LogP contribution in [0, 0.1) is 5.92 Å². The highest BCUT2D eigenvalue weighted by atomic mass is 16.2. The zero-order chi connectivity index (χ0) is 14.8. The Morgan fingerprint density at radius 3 is 2.86 bits per heavy atom. The van der Waals surface area contributed by atoms with Crippen LogP contribution in [0.5, 0.6) is 0 Å². The standard InChI is InChI=1S/C17H21N3O/c1-12-11-20(10-9-14(12)18-2)17(21)16-8-7-13-5-3-4-6-15(13)19-16/h3-8,12,14,18H,9-11H2,1-2H3. The molecule has 4 nitrogen and oxygen atoms in total. The van der Waals surface area contributed by atoms with Gasteiger partial charge in [-0.3, -0.25) is 4.79 Å². The number of piperidine rings is 1. The van der Waals surface area contributed by atoms with Gasteiger partial charge in [0.25, 0.3) is 5.91 Å². The third-order valence-electron chi connectivity index (χ3n) is 4.38. The number of hydrogen-bond donors (Lipinski definition) is 1. The summed E-state index contributed by atoms with van der Waals surface area (Å²) in [5.74, 6) is 0.510. The molecule has 1 aliphatic heterocycles. The number of nitrogens with zero attached hydrogens (tertiary/aromatic N) is 2. The van der Waals surface area contributed by atoms with Crippen LogP contribution in [0.2, 0.25) is 0 Å². The van der Waals surface area contributed by atoms with Gasteiger partial charge in [-0.25, -0.2) is 4.98 Å². The molecule has 2 atom stereocenters. The summed E-state index contributed by atoms with van der Waals surface area (Å²) in [4.78, 5) is 19.1. The van der Waals surface area contributed by atoms with E-state index in [0.717, 1.165) is 30.4 Å². The molecule has 1 fully saturated rings. The Balaban J connectivity index is 1.80. The van der Waals surface area contributed by atoms with Crippen molar-refractivity contribution in [2.75, 3.05) is 20.1 Å². The van der Waals surface area contributed by atoms with Gasteiger partial charge in [0.1, 0.15) is 5.69 Å². The molecule has 1 N–H and O–H groups in total. The number of carbonyl (C=O) groups is 1. The molecule has 0 bridgehead atoms. The molecule has 1 amide bonds. The summed E-state index contributed by atoms with van der Waals surface area (Å²) in [6, 6.07) is 12.2. The summed E-state index contributed by atoms with van der Waals surface area (Å²) in [5.41, 5.74) is 1.42. The molecule has 0 aliphatic carbocycles. The van der Waals surface area contributed by atoms with E-state index in [1.54, 1.807) is 0 Å². The number of amides is 1. The van der Waals surface area contributed by atoms with Crippen molar-refractivity contribution < 1.29 is 4.79 Å². The van der Waals surface area contributed by atoms with Crippen molar-refractivity contribution in [3.8, 4) is 0 Å². The first-order valence-corrected chi connectivity index (χ1v) is 7.51. The van der Waals surface area contributed by atoms with Gasteiger partial charge in [-0.2, -0.15) is 0 Å². The van der Waals surface area contributed by atoms with E-state index in [-0.39, 0.29) is 5.91 Å². The van der Waals surface area contributed by atoms with Crippen LogP contribution in [-0.2, 0) is 0 Å². The molecule has 1 aromatic carbocycles. The minimum Gasteiger partial charge on any atom is -0.337 e. The summed E-state index contributed by atoms with van der Waals surface area (Å²) in [6.07, 6.45) is 0.997. The van der Waals surface area contributed by atoms with Crippen LogP contribution in [0.15, 0.2) is 36.4 Å². The molecule has 4 heteroatoms. The van der Waals surface area contributed by atoms with Gasteiger partial charge in [0.2, 0.25) is 0 Å². The lowest BCUT2D eigenvalue weighted by molar-refractivity contribution is 0.0644. The Labute approximate surface area is 125 Å². The second kappa shape index (κ2) is 5.82. The number of likely N-dealkylation sites (tertiary alicyclic amines) is 1. The molecule has 21 heavy (non-hydrogen) atoms. The fourth-order valence-corrected chi connectivity index (χ4v) is 3.11. The van der Waals surface area contributed by atoms with Crippen molar-refractivity contribution in [1.82, 2.24) is 15.2 Å². The van der Waals surface area contributed by atoms with Crippen molar-refractivity contribution in [2.24, 2.45) is 5.92 Å². The van der Waals surface area contributed by atoms with Crippen LogP contribution in [0.3, 0.4) is 0 Å². The number of nitrogens with one attached hydrogen (secondary N) is 1. The number of pyridine rings is 1. The van der Waals surface area contributed by atoms with Crippen LogP contribution in [0.1, 0.15) is 23.8 Å². The zero-order valence-electron chi connectivity index (χ0n) is 12.5. The van der Waals surface area contributed by atoms with Crippen LogP contribution in [0.4, 0.5) is 0 Å². The predicted octanol–water partition coefficient (Wildman–Crippen LogP) is 2.30. The Kier molecular flexibility index (Phi) is 3.88. The third kappa shape index (κ3) is 2.76. The van der Waals surface area contributed by atoms with E-state index in [1.165, 1.54) is 0 Å². The highest BCUT2D eigenvalue weighted by molar-refractivity contribution is 5.95. The van der Waals surface area contributed by atoms with E-state index in [1.807, 2.05) is 48.3 Å². The maximum atomic E-state index is 12.6. The molecule has 0 saturated carbocycles. The van der Waals surface area contributed by atoms with Crippen LogP contribution < -0.4 is 5.32 Å². The van der Waals surface area contributed by atoms with Crippen molar-refractivity contribution in [1.29, 1.82) is 0 Å². The predicted molar refractivity (Wildman–Crippen MR) is 84.3 cm³/mol. The highest BCUT2D eigenvalue weighted by Gasteiger charge is 2.28. The molecule has 1 aromatic heterocycles. The average molecular weight is 283 g/mol. The van der Waals surface area contributed by atoms with Crippen molar-refractivity contribution >= 4 is 16.8 Å². The van der Waals surface area contributed by atoms with Gasteiger partial charge in [0.15, 0.2) is 0 Å². The largest absolute Gasteiger partial charge is 0.337 e. The molecule has 2 unspecified atom stereocenters. The fourth-order valence-electron chi connectivity index (χ4n) is 3.11. The molecular formula is C17H21N3O. The first kappa shape index (κ1) is 14.0. The van der Waals surface area contributed by atoms with Crippen LogP contribution in [-0.4, -0.2) is 42.0 Å². The van der Waals surface area contributed by atoms with Crippen molar-refractivity contribution in [2.45, 2.75) is 19.4 Å². The zero-order valence-corrected chi connectivity index (χ0v) is 12.5. The van der Waals surface area contributed by atoms with Gasteiger partial charge >= 0.3 is 0 Å². The van der Waals surface area contributed by atoms with E-state index in [9.17, 15) is 4.79 Å². The second-order valence-corrected chi connectivity index (χ2v) is 5.80. The third-order valence-corrected chi connectivity index (χ3v) is 4.38. The molecule has 1 aliphatic rings. The summed E-state index contributed by atoms with van der Waals surface area (Å²) >= 11 is 0. The van der Waals surface area contributed by atoms with Gasteiger partial charge in [-0.05, 0) is 31.5 Å². The quantitative estimate of drug-likeness (QED) is 0.920. The topological polar surface area (TPSA) is 45.2 Å². The maximum Gasteiger partial charge on any atom is 0.272 e. The normalized spacial score (nSPS) is 22.5. The van der Waals surface area contributed by atoms with Crippen LogP contribution in [0.25, 0.3) is 10.9 Å². The number of hydrogen-bond acceptors (Lipinski definition) is 3. The first-order chi connectivity index (χ1) is 10.2. The van der Waals surface area contributed by atoms with E-state index in [2.05, 4.69) is 17.2 Å². The molecule has 2 aromatic rings. The lowest BCUT2D eigenvalue weighted by atomic mass is 9.94. The van der Waals surface area contributed by atoms with E-state index in [4.69, 9.17) is 0 Å². The van der Waals surface area contributed by atoms with Gasteiger partial charge < -0.3 is 10.2 Å². The number of benzene rings is 1.